The number of hydrogen-bond donors (Lipinski definition) is 2. The molecule has 0 bridgehead atoms. The van der Waals surface area contributed by atoms with E-state index in [4.69, 9.17) is 0 Å². The lowest BCUT2D eigenvalue weighted by atomic mass is 10.3. The molecular formula is C16H23N5S. The van der Waals surface area contributed by atoms with E-state index in [-0.39, 0.29) is 0 Å². The van der Waals surface area contributed by atoms with Crippen molar-refractivity contribution in [2.24, 2.45) is 4.99 Å². The second-order valence-corrected chi connectivity index (χ2v) is 5.97. The monoisotopic (exact) mass is 317 g/mol. The van der Waals surface area contributed by atoms with Crippen molar-refractivity contribution in [2.75, 3.05) is 13.1 Å². The van der Waals surface area contributed by atoms with Crippen LogP contribution >= 0.6 is 11.3 Å². The number of thiazole rings is 1. The zero-order chi connectivity index (χ0) is 15.6. The van der Waals surface area contributed by atoms with Crippen LogP contribution in [0, 0.1) is 0 Å². The maximum Gasteiger partial charge on any atom is 0.191 e. The van der Waals surface area contributed by atoms with Crippen molar-refractivity contribution in [3.8, 4) is 0 Å². The highest BCUT2D eigenvalue weighted by atomic mass is 32.1. The molecule has 0 amide bonds. The number of aliphatic imine (C=N–C) groups is 1. The van der Waals surface area contributed by atoms with E-state index < -0.39 is 0 Å². The Kier molecular flexibility index (Phi) is 6.83. The number of nitrogens with zero attached hydrogens (tertiary/aromatic N) is 3. The summed E-state index contributed by atoms with van der Waals surface area (Å²) in [5.41, 5.74) is 1.08. The maximum absolute atomic E-state index is 4.58. The molecule has 2 rings (SSSR count). The number of rotatable bonds is 7. The normalized spacial score (nSPS) is 11.5. The molecule has 0 aliphatic rings. The molecule has 0 aliphatic heterocycles. The fourth-order valence-corrected chi connectivity index (χ4v) is 2.71. The summed E-state index contributed by atoms with van der Waals surface area (Å²) in [4.78, 5) is 14.6. The number of aromatic nitrogens is 2. The van der Waals surface area contributed by atoms with E-state index in [2.05, 4.69) is 39.4 Å². The number of guanidine groups is 1. The van der Waals surface area contributed by atoms with Gasteiger partial charge in [0.25, 0.3) is 0 Å². The first-order chi connectivity index (χ1) is 10.8. The second kappa shape index (κ2) is 9.15. The van der Waals surface area contributed by atoms with E-state index in [1.165, 1.54) is 4.88 Å². The van der Waals surface area contributed by atoms with Gasteiger partial charge in [-0.15, -0.1) is 11.3 Å². The van der Waals surface area contributed by atoms with Crippen molar-refractivity contribution in [3.05, 3.63) is 46.2 Å². The molecule has 0 spiro atoms. The molecule has 0 unspecified atom stereocenters. The van der Waals surface area contributed by atoms with Gasteiger partial charge in [-0.25, -0.2) is 9.98 Å². The summed E-state index contributed by atoms with van der Waals surface area (Å²) < 4.78 is 0. The minimum atomic E-state index is 0.615. The van der Waals surface area contributed by atoms with Crippen molar-refractivity contribution in [1.29, 1.82) is 0 Å². The molecule has 0 saturated heterocycles. The Hall–Kier alpha value is -1.95. The van der Waals surface area contributed by atoms with Crippen LogP contribution in [0.15, 0.2) is 35.6 Å². The van der Waals surface area contributed by atoms with Gasteiger partial charge in [-0.3, -0.25) is 4.98 Å². The summed E-state index contributed by atoms with van der Waals surface area (Å²) in [6.07, 6.45) is 5.67. The molecule has 2 heterocycles. The van der Waals surface area contributed by atoms with E-state index in [0.717, 1.165) is 42.6 Å². The highest BCUT2D eigenvalue weighted by Crippen LogP contribution is 2.13. The van der Waals surface area contributed by atoms with Crippen LogP contribution < -0.4 is 10.6 Å². The molecule has 0 atom stereocenters. The third-order valence-corrected chi connectivity index (χ3v) is 4.19. The summed E-state index contributed by atoms with van der Waals surface area (Å²) in [5.74, 6) is 0.826. The molecule has 0 aromatic carbocycles. The lowest BCUT2D eigenvalue weighted by Crippen LogP contribution is -2.38. The van der Waals surface area contributed by atoms with Crippen LogP contribution in [-0.2, 0) is 19.4 Å². The van der Waals surface area contributed by atoms with Crippen LogP contribution in [0.3, 0.4) is 0 Å². The predicted octanol–water partition coefficient (Wildman–Crippen LogP) is 2.40. The van der Waals surface area contributed by atoms with Gasteiger partial charge in [-0.1, -0.05) is 13.0 Å². The van der Waals surface area contributed by atoms with E-state index in [0.29, 0.717) is 6.54 Å². The third kappa shape index (κ3) is 5.44. The summed E-state index contributed by atoms with van der Waals surface area (Å²) in [7, 11) is 0. The molecule has 0 radical (unpaired) electrons. The van der Waals surface area contributed by atoms with Crippen LogP contribution in [0.5, 0.6) is 0 Å². The Bertz CT molecular complexity index is 579. The average Bonchev–Trinajstić information content (AvgIpc) is 3.02. The second-order valence-electron chi connectivity index (χ2n) is 4.77. The Labute approximate surface area is 135 Å². The first-order valence-corrected chi connectivity index (χ1v) is 8.49. The summed E-state index contributed by atoms with van der Waals surface area (Å²) in [5, 5.41) is 7.65. The Morgan fingerprint density at radius 3 is 2.82 bits per heavy atom. The Balaban J connectivity index is 1.84. The Morgan fingerprint density at radius 1 is 1.23 bits per heavy atom. The van der Waals surface area contributed by atoms with E-state index >= 15 is 0 Å². The highest BCUT2D eigenvalue weighted by molar-refractivity contribution is 7.11. The molecular weight excluding hydrogens is 294 g/mol. The minimum absolute atomic E-state index is 0.615. The smallest absolute Gasteiger partial charge is 0.191 e. The largest absolute Gasteiger partial charge is 0.357 e. The predicted molar refractivity (Wildman–Crippen MR) is 92.3 cm³/mol. The van der Waals surface area contributed by atoms with Gasteiger partial charge in [0.05, 0.1) is 6.54 Å². The van der Waals surface area contributed by atoms with Gasteiger partial charge in [0.15, 0.2) is 5.96 Å². The van der Waals surface area contributed by atoms with E-state index in [9.17, 15) is 0 Å². The minimum Gasteiger partial charge on any atom is -0.357 e. The van der Waals surface area contributed by atoms with Crippen molar-refractivity contribution in [2.45, 2.75) is 33.2 Å². The standard InChI is InChI=1S/C16H23N5S/c1-3-14-11-20-15(22-14)12-21-16(17-4-2)19-10-8-13-7-5-6-9-18-13/h5-7,9,11H,3-4,8,10,12H2,1-2H3,(H2,17,19,21). The summed E-state index contributed by atoms with van der Waals surface area (Å²) >= 11 is 1.73. The fourth-order valence-electron chi connectivity index (χ4n) is 1.93. The number of nitrogens with one attached hydrogen (secondary N) is 2. The van der Waals surface area contributed by atoms with E-state index in [1.54, 1.807) is 11.3 Å². The molecule has 2 N–H and O–H groups in total. The molecule has 0 aliphatic carbocycles. The van der Waals surface area contributed by atoms with Gasteiger partial charge in [0.2, 0.25) is 0 Å². The van der Waals surface area contributed by atoms with Gasteiger partial charge in [0.1, 0.15) is 5.01 Å². The van der Waals surface area contributed by atoms with Crippen LogP contribution in [-0.4, -0.2) is 29.0 Å². The molecule has 5 nitrogen and oxygen atoms in total. The van der Waals surface area contributed by atoms with Crippen LogP contribution in [0.4, 0.5) is 0 Å². The van der Waals surface area contributed by atoms with Crippen molar-refractivity contribution >= 4 is 17.3 Å². The lowest BCUT2D eigenvalue weighted by Gasteiger charge is -2.10. The Morgan fingerprint density at radius 2 is 2.14 bits per heavy atom. The lowest BCUT2D eigenvalue weighted by molar-refractivity contribution is 0.787. The molecule has 22 heavy (non-hydrogen) atoms. The summed E-state index contributed by atoms with van der Waals surface area (Å²) in [6.45, 7) is 6.47. The zero-order valence-corrected chi connectivity index (χ0v) is 14.0. The van der Waals surface area contributed by atoms with Gasteiger partial charge in [-0.2, -0.15) is 0 Å². The molecule has 6 heteroatoms. The maximum atomic E-state index is 4.58. The first-order valence-electron chi connectivity index (χ1n) is 7.67. The van der Waals surface area contributed by atoms with Gasteiger partial charge < -0.3 is 10.6 Å². The number of aryl methyl sites for hydroxylation is 1. The van der Waals surface area contributed by atoms with Crippen molar-refractivity contribution in [1.82, 2.24) is 20.6 Å². The van der Waals surface area contributed by atoms with Crippen molar-refractivity contribution < 1.29 is 0 Å². The van der Waals surface area contributed by atoms with Crippen molar-refractivity contribution in [3.63, 3.8) is 0 Å². The molecule has 0 fully saturated rings. The number of hydrogen-bond acceptors (Lipinski definition) is 4. The summed E-state index contributed by atoms with van der Waals surface area (Å²) in [6, 6.07) is 5.98. The average molecular weight is 317 g/mol. The quantitative estimate of drug-likeness (QED) is 0.608. The first kappa shape index (κ1) is 16.4. The molecule has 0 saturated carbocycles. The van der Waals surface area contributed by atoms with Crippen LogP contribution in [0.1, 0.15) is 29.4 Å². The number of pyridine rings is 1. The SMILES string of the molecule is CCNC(=NCc1ncc(CC)s1)NCCc1ccccn1. The molecule has 2 aromatic rings. The fraction of sp³-hybridized carbons (Fsp3) is 0.438. The molecule has 2 aromatic heterocycles. The van der Waals surface area contributed by atoms with Gasteiger partial charge in [0, 0.05) is 42.5 Å². The molecule has 118 valence electrons. The van der Waals surface area contributed by atoms with Gasteiger partial charge in [-0.05, 0) is 25.5 Å². The van der Waals surface area contributed by atoms with Crippen LogP contribution in [0.25, 0.3) is 0 Å². The van der Waals surface area contributed by atoms with Gasteiger partial charge >= 0.3 is 0 Å². The zero-order valence-electron chi connectivity index (χ0n) is 13.2. The third-order valence-electron chi connectivity index (χ3n) is 3.07. The highest BCUT2D eigenvalue weighted by Gasteiger charge is 2.02. The topological polar surface area (TPSA) is 62.2 Å². The van der Waals surface area contributed by atoms with Crippen LogP contribution in [0.2, 0.25) is 0 Å². The van der Waals surface area contributed by atoms with E-state index in [1.807, 2.05) is 30.6 Å².